The Bertz CT molecular complexity index is 1030. The van der Waals surface area contributed by atoms with Crippen LogP contribution in [0.2, 0.25) is 0 Å². The van der Waals surface area contributed by atoms with Gasteiger partial charge in [-0.05, 0) is 18.9 Å². The van der Waals surface area contributed by atoms with Gasteiger partial charge in [-0.25, -0.2) is 18.6 Å². The van der Waals surface area contributed by atoms with Gasteiger partial charge in [0.05, 0.1) is 6.20 Å². The molecule has 9 nitrogen and oxygen atoms in total. The summed E-state index contributed by atoms with van der Waals surface area (Å²) in [5, 5.41) is 12.3. The van der Waals surface area contributed by atoms with Crippen LogP contribution in [-0.2, 0) is 4.79 Å². The zero-order chi connectivity index (χ0) is 20.2. The van der Waals surface area contributed by atoms with Crippen LogP contribution < -0.4 is 20.9 Å². The van der Waals surface area contributed by atoms with Gasteiger partial charge in [0, 0.05) is 43.6 Å². The number of alkyl halides is 2. The molecule has 11 heteroatoms. The van der Waals surface area contributed by atoms with Crippen molar-refractivity contribution in [3.8, 4) is 0 Å². The number of nitrogens with zero attached hydrogens (tertiary/aromatic N) is 4. The van der Waals surface area contributed by atoms with Crippen LogP contribution in [0.5, 0.6) is 0 Å². The lowest BCUT2D eigenvalue weighted by Crippen LogP contribution is -2.39. The highest BCUT2D eigenvalue weighted by Crippen LogP contribution is 2.32. The van der Waals surface area contributed by atoms with Crippen LogP contribution in [0.1, 0.15) is 31.2 Å². The number of hydrogen-bond acceptors (Lipinski definition) is 6. The molecule has 0 bridgehead atoms. The monoisotopic (exact) mass is 403 g/mol. The summed E-state index contributed by atoms with van der Waals surface area (Å²) in [6.07, 6.45) is 4.74. The van der Waals surface area contributed by atoms with Gasteiger partial charge in [0.15, 0.2) is 5.65 Å². The number of carbonyl (C=O) groups excluding carboxylic acids is 2. The van der Waals surface area contributed by atoms with Gasteiger partial charge in [-0.1, -0.05) is 0 Å². The normalized spacial score (nSPS) is 22.8. The number of urea groups is 1. The summed E-state index contributed by atoms with van der Waals surface area (Å²) in [5.74, 6) is -1.87. The van der Waals surface area contributed by atoms with E-state index in [0.29, 0.717) is 23.1 Å². The number of hydrogen-bond donors (Lipinski definition) is 3. The first-order chi connectivity index (χ1) is 13.9. The van der Waals surface area contributed by atoms with Gasteiger partial charge >= 0.3 is 6.03 Å². The summed E-state index contributed by atoms with van der Waals surface area (Å²) in [4.78, 5) is 29.7. The maximum atomic E-state index is 13.6. The van der Waals surface area contributed by atoms with E-state index in [9.17, 15) is 18.4 Å². The molecule has 0 aromatic carbocycles. The molecular weight excluding hydrogens is 384 g/mol. The fourth-order valence-electron chi connectivity index (χ4n) is 3.47. The Labute approximate surface area is 164 Å². The van der Waals surface area contributed by atoms with Gasteiger partial charge in [-0.15, -0.1) is 0 Å². The van der Waals surface area contributed by atoms with Crippen molar-refractivity contribution in [3.05, 3.63) is 23.5 Å². The Morgan fingerprint density at radius 3 is 2.62 bits per heavy atom. The van der Waals surface area contributed by atoms with E-state index in [1.165, 1.54) is 6.08 Å². The third-order valence-electron chi connectivity index (χ3n) is 5.25. The van der Waals surface area contributed by atoms with Crippen LogP contribution in [0.3, 0.4) is 0 Å². The van der Waals surface area contributed by atoms with Crippen LogP contribution in [0.4, 0.5) is 25.2 Å². The first-order valence-electron chi connectivity index (χ1n) is 9.50. The van der Waals surface area contributed by atoms with Crippen molar-refractivity contribution in [2.45, 2.75) is 37.6 Å². The van der Waals surface area contributed by atoms with E-state index in [-0.39, 0.29) is 31.6 Å². The predicted molar refractivity (Wildman–Crippen MR) is 101 cm³/mol. The number of carbonyl (C=O) groups is 2. The molecule has 29 heavy (non-hydrogen) atoms. The fourth-order valence-corrected chi connectivity index (χ4v) is 3.47. The van der Waals surface area contributed by atoms with Crippen LogP contribution >= 0.6 is 0 Å². The van der Waals surface area contributed by atoms with Crippen molar-refractivity contribution in [2.75, 3.05) is 23.3 Å². The SMILES string of the molecule is O=C1NC(=O)/C(=C/c2cnn3c(NC4CC4)cc(N4CCC(F)(F)CC4)nc23)N1. The summed E-state index contributed by atoms with van der Waals surface area (Å²) < 4.78 is 28.8. The molecule has 3 N–H and O–H groups in total. The molecule has 2 aromatic heterocycles. The molecule has 2 saturated heterocycles. The van der Waals surface area contributed by atoms with Crippen molar-refractivity contribution < 1.29 is 18.4 Å². The molecule has 1 aliphatic carbocycles. The fraction of sp³-hybridized carbons (Fsp3) is 0.444. The number of aromatic nitrogens is 3. The van der Waals surface area contributed by atoms with Crippen molar-refractivity contribution >= 4 is 35.3 Å². The Morgan fingerprint density at radius 1 is 1.21 bits per heavy atom. The Hall–Kier alpha value is -3.24. The molecule has 3 fully saturated rings. The minimum atomic E-state index is -2.64. The zero-order valence-corrected chi connectivity index (χ0v) is 15.4. The number of piperidine rings is 1. The van der Waals surface area contributed by atoms with Gasteiger partial charge < -0.3 is 15.5 Å². The highest BCUT2D eigenvalue weighted by atomic mass is 19.3. The third-order valence-corrected chi connectivity index (χ3v) is 5.25. The van der Waals surface area contributed by atoms with Crippen molar-refractivity contribution in [3.63, 3.8) is 0 Å². The molecule has 3 aliphatic rings. The number of imide groups is 1. The molecule has 3 amide bonds. The summed E-state index contributed by atoms with van der Waals surface area (Å²) in [7, 11) is 0. The topological polar surface area (TPSA) is 104 Å². The maximum absolute atomic E-state index is 13.6. The average Bonchev–Trinajstić information content (AvgIpc) is 3.30. The zero-order valence-electron chi connectivity index (χ0n) is 15.4. The summed E-state index contributed by atoms with van der Waals surface area (Å²) in [5.41, 5.74) is 1.12. The lowest BCUT2D eigenvalue weighted by atomic mass is 10.1. The van der Waals surface area contributed by atoms with Crippen molar-refractivity contribution in [1.29, 1.82) is 0 Å². The Kier molecular flexibility index (Phi) is 3.93. The highest BCUT2D eigenvalue weighted by molar-refractivity contribution is 6.14. The first-order valence-corrected chi connectivity index (χ1v) is 9.50. The van der Waals surface area contributed by atoms with Crippen molar-refractivity contribution in [1.82, 2.24) is 25.2 Å². The predicted octanol–water partition coefficient (Wildman–Crippen LogP) is 1.72. The summed E-state index contributed by atoms with van der Waals surface area (Å²) >= 11 is 0. The van der Waals surface area contributed by atoms with Gasteiger partial charge in [-0.2, -0.15) is 9.61 Å². The molecule has 4 heterocycles. The second-order valence-electron chi connectivity index (χ2n) is 7.56. The summed E-state index contributed by atoms with van der Waals surface area (Å²) in [6, 6.07) is 1.59. The second kappa shape index (κ2) is 6.39. The largest absolute Gasteiger partial charge is 0.367 e. The highest BCUT2D eigenvalue weighted by Gasteiger charge is 2.35. The number of fused-ring (bicyclic) bond motifs is 1. The van der Waals surface area contributed by atoms with E-state index in [1.807, 2.05) is 11.0 Å². The molecule has 0 radical (unpaired) electrons. The molecular formula is C18H19F2N7O2. The van der Waals surface area contributed by atoms with E-state index in [1.54, 1.807) is 10.7 Å². The van der Waals surface area contributed by atoms with Gasteiger partial charge in [-0.3, -0.25) is 10.1 Å². The molecule has 0 spiro atoms. The van der Waals surface area contributed by atoms with Crippen molar-refractivity contribution in [2.24, 2.45) is 0 Å². The average molecular weight is 403 g/mol. The van der Waals surface area contributed by atoms with Crippen LogP contribution in [0.15, 0.2) is 18.0 Å². The molecule has 1 saturated carbocycles. The minimum Gasteiger partial charge on any atom is -0.367 e. The molecule has 0 atom stereocenters. The lowest BCUT2D eigenvalue weighted by molar-refractivity contribution is -0.115. The lowest BCUT2D eigenvalue weighted by Gasteiger charge is -2.32. The van der Waals surface area contributed by atoms with Crippen LogP contribution in [0, 0.1) is 0 Å². The first kappa shape index (κ1) is 17.8. The molecule has 2 aromatic rings. The Balaban J connectivity index is 1.55. The third kappa shape index (κ3) is 3.47. The molecule has 152 valence electrons. The van der Waals surface area contributed by atoms with E-state index < -0.39 is 17.9 Å². The van der Waals surface area contributed by atoms with Crippen LogP contribution in [0.25, 0.3) is 11.7 Å². The molecule has 2 aliphatic heterocycles. The van der Waals surface area contributed by atoms with Crippen LogP contribution in [-0.4, -0.2) is 51.6 Å². The number of rotatable bonds is 4. The van der Waals surface area contributed by atoms with E-state index in [0.717, 1.165) is 18.7 Å². The number of anilines is 2. The van der Waals surface area contributed by atoms with Gasteiger partial charge in [0.2, 0.25) is 0 Å². The van der Waals surface area contributed by atoms with E-state index in [2.05, 4.69) is 26.0 Å². The second-order valence-corrected chi connectivity index (χ2v) is 7.56. The quantitative estimate of drug-likeness (QED) is 0.531. The van der Waals surface area contributed by atoms with Gasteiger partial charge in [0.25, 0.3) is 11.8 Å². The van der Waals surface area contributed by atoms with Gasteiger partial charge in [0.1, 0.15) is 17.3 Å². The standard InChI is InChI=1S/C18H19F2N7O2/c19-18(20)3-5-26(6-4-18)13-8-14(22-11-1-2-11)27-15(24-13)10(9-21-27)7-12-16(28)25-17(29)23-12/h7-9,11,22H,1-6H2,(H2,23,25,28,29)/b12-7-. The Morgan fingerprint density at radius 2 is 1.97 bits per heavy atom. The molecule has 5 rings (SSSR count). The molecule has 0 unspecified atom stereocenters. The van der Waals surface area contributed by atoms with E-state index >= 15 is 0 Å². The summed E-state index contributed by atoms with van der Waals surface area (Å²) in [6.45, 7) is 0.421. The smallest absolute Gasteiger partial charge is 0.326 e. The number of nitrogens with one attached hydrogen (secondary N) is 3. The number of halogens is 2. The maximum Gasteiger partial charge on any atom is 0.326 e. The van der Waals surface area contributed by atoms with E-state index in [4.69, 9.17) is 0 Å². The minimum absolute atomic E-state index is 0.103. The number of amides is 3.